The minimum atomic E-state index is 0.232. The Morgan fingerprint density at radius 1 is 1.54 bits per heavy atom. The fourth-order valence-corrected chi connectivity index (χ4v) is 1.84. The van der Waals surface area contributed by atoms with E-state index in [0.717, 1.165) is 32.6 Å². The number of rotatable bonds is 2. The van der Waals surface area contributed by atoms with Crippen LogP contribution in [0, 0.1) is 5.92 Å². The van der Waals surface area contributed by atoms with Crippen molar-refractivity contribution >= 4 is 5.91 Å². The Morgan fingerprint density at radius 3 is 2.77 bits per heavy atom. The Labute approximate surface area is 78.2 Å². The number of methoxy groups -OCH3 is 1. The number of ether oxygens (including phenoxy) is 1. The van der Waals surface area contributed by atoms with Crippen LogP contribution in [0.2, 0.25) is 0 Å². The molecule has 0 aromatic rings. The molecule has 74 valence electrons. The molecule has 1 atom stereocenters. The zero-order valence-corrected chi connectivity index (χ0v) is 7.95. The lowest BCUT2D eigenvalue weighted by atomic mass is 10.0. The molecule has 0 saturated carbocycles. The van der Waals surface area contributed by atoms with E-state index in [4.69, 9.17) is 4.74 Å². The molecule has 1 amide bonds. The van der Waals surface area contributed by atoms with Crippen LogP contribution in [0.15, 0.2) is 0 Å². The minimum Gasteiger partial charge on any atom is -0.380 e. The Morgan fingerprint density at radius 2 is 2.31 bits per heavy atom. The van der Waals surface area contributed by atoms with Crippen molar-refractivity contribution in [2.24, 2.45) is 5.92 Å². The monoisotopic (exact) mass is 184 g/mol. The average molecular weight is 184 g/mol. The number of hydrogen-bond acceptors (Lipinski definition) is 3. The summed E-state index contributed by atoms with van der Waals surface area (Å²) in [7, 11) is 1.71. The Balaban J connectivity index is 1.84. The molecule has 2 fully saturated rings. The number of nitrogens with zero attached hydrogens (tertiary/aromatic N) is 1. The molecule has 0 bridgehead atoms. The highest BCUT2D eigenvalue weighted by Crippen LogP contribution is 2.16. The van der Waals surface area contributed by atoms with Gasteiger partial charge < -0.3 is 15.0 Å². The summed E-state index contributed by atoms with van der Waals surface area (Å²) < 4.78 is 5.21. The predicted octanol–water partition coefficient (Wildman–Crippen LogP) is -0.547. The van der Waals surface area contributed by atoms with Crippen molar-refractivity contribution in [1.29, 1.82) is 0 Å². The van der Waals surface area contributed by atoms with Crippen LogP contribution >= 0.6 is 0 Å². The van der Waals surface area contributed by atoms with Gasteiger partial charge in [-0.25, -0.2) is 0 Å². The number of carbonyl (C=O) groups is 1. The summed E-state index contributed by atoms with van der Waals surface area (Å²) in [6, 6.07) is 0. The molecule has 2 saturated heterocycles. The number of hydrogen-bond donors (Lipinski definition) is 1. The van der Waals surface area contributed by atoms with Crippen molar-refractivity contribution in [2.75, 3.05) is 33.3 Å². The summed E-state index contributed by atoms with van der Waals surface area (Å²) in [6.45, 7) is 3.36. The normalized spacial score (nSPS) is 29.0. The molecule has 0 spiro atoms. The third kappa shape index (κ3) is 1.69. The second-order valence-corrected chi connectivity index (χ2v) is 3.79. The van der Waals surface area contributed by atoms with Crippen molar-refractivity contribution in [2.45, 2.75) is 12.5 Å². The van der Waals surface area contributed by atoms with E-state index in [1.807, 2.05) is 4.90 Å². The molecular weight excluding hydrogens is 168 g/mol. The van der Waals surface area contributed by atoms with E-state index in [1.165, 1.54) is 0 Å². The van der Waals surface area contributed by atoms with Crippen LogP contribution in [0.25, 0.3) is 0 Å². The van der Waals surface area contributed by atoms with Gasteiger partial charge in [-0.1, -0.05) is 0 Å². The standard InChI is InChI=1S/C9H16N2O2/c1-13-8-2-3-11(6-8)9(12)7-4-10-5-7/h7-8,10H,2-6H2,1H3/t8-/m0/s1. The fourth-order valence-electron chi connectivity index (χ4n) is 1.84. The third-order valence-corrected chi connectivity index (χ3v) is 2.92. The van der Waals surface area contributed by atoms with Crippen LogP contribution in [0.5, 0.6) is 0 Å². The average Bonchev–Trinajstić information content (AvgIpc) is 2.48. The molecule has 1 N–H and O–H groups in total. The molecule has 0 aliphatic carbocycles. The Kier molecular flexibility index (Phi) is 2.51. The van der Waals surface area contributed by atoms with E-state index in [2.05, 4.69) is 5.32 Å². The first kappa shape index (κ1) is 8.97. The van der Waals surface area contributed by atoms with E-state index in [-0.39, 0.29) is 12.0 Å². The van der Waals surface area contributed by atoms with E-state index >= 15 is 0 Å². The summed E-state index contributed by atoms with van der Waals surface area (Å²) >= 11 is 0. The zero-order chi connectivity index (χ0) is 9.26. The first-order valence-corrected chi connectivity index (χ1v) is 4.83. The van der Waals surface area contributed by atoms with Crippen LogP contribution < -0.4 is 5.32 Å². The molecule has 0 aromatic carbocycles. The molecule has 4 nitrogen and oxygen atoms in total. The number of likely N-dealkylation sites (tertiary alicyclic amines) is 1. The van der Waals surface area contributed by atoms with Crippen molar-refractivity contribution in [3.05, 3.63) is 0 Å². The number of carbonyl (C=O) groups excluding carboxylic acids is 1. The van der Waals surface area contributed by atoms with Gasteiger partial charge in [0.2, 0.25) is 5.91 Å². The van der Waals surface area contributed by atoms with Crippen molar-refractivity contribution in [3.8, 4) is 0 Å². The lowest BCUT2D eigenvalue weighted by molar-refractivity contribution is -0.136. The van der Waals surface area contributed by atoms with E-state index < -0.39 is 0 Å². The molecule has 0 unspecified atom stereocenters. The van der Waals surface area contributed by atoms with Gasteiger partial charge in [0.25, 0.3) is 0 Å². The smallest absolute Gasteiger partial charge is 0.228 e. The van der Waals surface area contributed by atoms with Crippen LogP contribution in [0.4, 0.5) is 0 Å². The maximum Gasteiger partial charge on any atom is 0.228 e. The lowest BCUT2D eigenvalue weighted by Gasteiger charge is -2.30. The molecule has 0 radical (unpaired) electrons. The summed E-state index contributed by atoms with van der Waals surface area (Å²) in [5, 5.41) is 3.11. The van der Waals surface area contributed by atoms with E-state index in [9.17, 15) is 4.79 Å². The maximum atomic E-state index is 11.7. The van der Waals surface area contributed by atoms with Gasteiger partial charge in [-0.2, -0.15) is 0 Å². The van der Waals surface area contributed by atoms with E-state index in [0.29, 0.717) is 5.91 Å². The van der Waals surface area contributed by atoms with Crippen LogP contribution in [-0.4, -0.2) is 50.2 Å². The molecular formula is C9H16N2O2. The van der Waals surface area contributed by atoms with Gasteiger partial charge in [0, 0.05) is 33.3 Å². The second kappa shape index (κ2) is 3.64. The zero-order valence-electron chi connectivity index (χ0n) is 7.95. The van der Waals surface area contributed by atoms with Crippen LogP contribution in [0.3, 0.4) is 0 Å². The highest BCUT2D eigenvalue weighted by molar-refractivity contribution is 5.80. The summed E-state index contributed by atoms with van der Waals surface area (Å²) in [4.78, 5) is 13.6. The largest absolute Gasteiger partial charge is 0.380 e. The minimum absolute atomic E-state index is 0.232. The molecule has 2 heterocycles. The first-order chi connectivity index (χ1) is 6.31. The summed E-state index contributed by atoms with van der Waals surface area (Å²) in [5.74, 6) is 0.536. The van der Waals surface area contributed by atoms with Gasteiger partial charge in [-0.15, -0.1) is 0 Å². The Hall–Kier alpha value is -0.610. The van der Waals surface area contributed by atoms with Crippen LogP contribution in [0.1, 0.15) is 6.42 Å². The summed E-state index contributed by atoms with van der Waals surface area (Å²) in [6.07, 6.45) is 1.25. The van der Waals surface area contributed by atoms with Gasteiger partial charge in [-0.3, -0.25) is 4.79 Å². The Bertz CT molecular complexity index is 204. The molecule has 2 rings (SSSR count). The predicted molar refractivity (Wildman–Crippen MR) is 48.4 cm³/mol. The number of amides is 1. The highest BCUT2D eigenvalue weighted by atomic mass is 16.5. The molecule has 13 heavy (non-hydrogen) atoms. The van der Waals surface area contributed by atoms with Gasteiger partial charge >= 0.3 is 0 Å². The molecule has 2 aliphatic heterocycles. The topological polar surface area (TPSA) is 41.6 Å². The van der Waals surface area contributed by atoms with Gasteiger partial charge in [0.05, 0.1) is 12.0 Å². The van der Waals surface area contributed by atoms with Crippen molar-refractivity contribution in [3.63, 3.8) is 0 Å². The first-order valence-electron chi connectivity index (χ1n) is 4.83. The van der Waals surface area contributed by atoms with Crippen LogP contribution in [-0.2, 0) is 9.53 Å². The maximum absolute atomic E-state index is 11.7. The van der Waals surface area contributed by atoms with Gasteiger partial charge in [-0.05, 0) is 6.42 Å². The fraction of sp³-hybridized carbons (Fsp3) is 0.889. The van der Waals surface area contributed by atoms with Crippen molar-refractivity contribution in [1.82, 2.24) is 10.2 Å². The number of nitrogens with one attached hydrogen (secondary N) is 1. The summed E-state index contributed by atoms with van der Waals surface area (Å²) in [5.41, 5.74) is 0. The van der Waals surface area contributed by atoms with Gasteiger partial charge in [0.15, 0.2) is 0 Å². The van der Waals surface area contributed by atoms with Crippen molar-refractivity contribution < 1.29 is 9.53 Å². The molecule has 0 aromatic heterocycles. The third-order valence-electron chi connectivity index (χ3n) is 2.92. The molecule has 2 aliphatic rings. The van der Waals surface area contributed by atoms with Gasteiger partial charge in [0.1, 0.15) is 0 Å². The highest BCUT2D eigenvalue weighted by Gasteiger charge is 2.33. The van der Waals surface area contributed by atoms with E-state index in [1.54, 1.807) is 7.11 Å². The lowest BCUT2D eigenvalue weighted by Crippen LogP contribution is -2.51. The second-order valence-electron chi connectivity index (χ2n) is 3.79. The molecule has 4 heteroatoms. The SMILES string of the molecule is CO[C@H]1CCN(C(=O)C2CNC2)C1. The quantitative estimate of drug-likeness (QED) is 0.626.